The zero-order valence-electron chi connectivity index (χ0n) is 15.4. The highest BCUT2D eigenvalue weighted by molar-refractivity contribution is 5.69. The molecule has 4 heteroatoms. The highest BCUT2D eigenvalue weighted by Crippen LogP contribution is 2.30. The van der Waals surface area contributed by atoms with E-state index in [0.29, 0.717) is 24.5 Å². The zero-order valence-corrected chi connectivity index (χ0v) is 15.4. The van der Waals surface area contributed by atoms with Crippen LogP contribution in [-0.2, 0) is 20.8 Å². The number of methoxy groups -OCH3 is 1. The van der Waals surface area contributed by atoms with E-state index in [2.05, 4.69) is 35.2 Å². The molecular weight excluding hydrogens is 314 g/mol. The quantitative estimate of drug-likeness (QED) is 0.735. The Morgan fingerprint density at radius 3 is 2.28 bits per heavy atom. The van der Waals surface area contributed by atoms with Crippen molar-refractivity contribution in [2.45, 2.75) is 63.7 Å². The Bertz CT molecular complexity index is 517. The van der Waals surface area contributed by atoms with Crippen LogP contribution in [0.25, 0.3) is 0 Å². The molecule has 1 aliphatic carbocycles. The fourth-order valence-electron chi connectivity index (χ4n) is 4.11. The smallest absolute Gasteiger partial charge is 0.305 e. The Labute approximate surface area is 151 Å². The van der Waals surface area contributed by atoms with Crippen LogP contribution in [0.15, 0.2) is 30.3 Å². The lowest BCUT2D eigenvalue weighted by Crippen LogP contribution is -2.38. The second kappa shape index (κ2) is 9.35. The van der Waals surface area contributed by atoms with Gasteiger partial charge in [0.15, 0.2) is 0 Å². The van der Waals surface area contributed by atoms with E-state index in [0.717, 1.165) is 58.2 Å². The molecule has 1 heterocycles. The number of esters is 1. The van der Waals surface area contributed by atoms with Crippen molar-refractivity contribution in [3.05, 3.63) is 35.9 Å². The summed E-state index contributed by atoms with van der Waals surface area (Å²) >= 11 is 0. The van der Waals surface area contributed by atoms with Gasteiger partial charge in [-0.05, 0) is 50.0 Å². The van der Waals surface area contributed by atoms with Crippen molar-refractivity contribution in [3.8, 4) is 0 Å². The molecule has 25 heavy (non-hydrogen) atoms. The van der Waals surface area contributed by atoms with Gasteiger partial charge in [-0.25, -0.2) is 0 Å². The maximum absolute atomic E-state index is 11.4. The van der Waals surface area contributed by atoms with Gasteiger partial charge in [-0.15, -0.1) is 0 Å². The number of carbonyl (C=O) groups excluding carboxylic acids is 1. The van der Waals surface area contributed by atoms with E-state index >= 15 is 0 Å². The monoisotopic (exact) mass is 345 g/mol. The molecule has 1 aromatic rings. The van der Waals surface area contributed by atoms with Gasteiger partial charge >= 0.3 is 5.97 Å². The summed E-state index contributed by atoms with van der Waals surface area (Å²) in [5.74, 6) is 0.412. The molecule has 1 aliphatic heterocycles. The van der Waals surface area contributed by atoms with Crippen molar-refractivity contribution >= 4 is 5.97 Å². The summed E-state index contributed by atoms with van der Waals surface area (Å²) in [7, 11) is 1.47. The minimum absolute atomic E-state index is 0.0739. The van der Waals surface area contributed by atoms with Gasteiger partial charge in [0.25, 0.3) is 0 Å². The summed E-state index contributed by atoms with van der Waals surface area (Å²) in [6, 6.07) is 10.7. The number of likely N-dealkylation sites (tertiary alicyclic amines) is 1. The van der Waals surface area contributed by atoms with Crippen molar-refractivity contribution < 1.29 is 14.3 Å². The van der Waals surface area contributed by atoms with E-state index in [1.165, 1.54) is 12.7 Å². The number of hydrogen-bond donors (Lipinski definition) is 0. The highest BCUT2D eigenvalue weighted by atomic mass is 16.5. The van der Waals surface area contributed by atoms with Gasteiger partial charge in [-0.3, -0.25) is 9.69 Å². The normalized spacial score (nSPS) is 25.6. The number of hydrogen-bond acceptors (Lipinski definition) is 4. The van der Waals surface area contributed by atoms with E-state index in [1.54, 1.807) is 0 Å². The molecule has 2 aliphatic rings. The molecule has 0 bridgehead atoms. The van der Waals surface area contributed by atoms with E-state index < -0.39 is 0 Å². The van der Waals surface area contributed by atoms with Gasteiger partial charge in [-0.2, -0.15) is 0 Å². The van der Waals surface area contributed by atoms with Gasteiger partial charge in [0.2, 0.25) is 0 Å². The lowest BCUT2D eigenvalue weighted by Gasteiger charge is -2.36. The minimum atomic E-state index is -0.0739. The lowest BCUT2D eigenvalue weighted by atomic mass is 9.85. The molecule has 1 saturated heterocycles. The summed E-state index contributed by atoms with van der Waals surface area (Å²) in [6.07, 6.45) is 8.00. The minimum Gasteiger partial charge on any atom is -0.469 e. The standard InChI is InChI=1S/C21H31NO3/c1-24-21(23)15-17-7-9-19(10-8-17)25-20-11-13-22(14-12-20)16-18-5-3-2-4-6-18/h2-6,17,19-20H,7-16H2,1H3/t17-,19+. The maximum Gasteiger partial charge on any atom is 0.305 e. The topological polar surface area (TPSA) is 38.8 Å². The third-order valence-electron chi connectivity index (χ3n) is 5.65. The number of nitrogens with zero attached hydrogens (tertiary/aromatic N) is 1. The van der Waals surface area contributed by atoms with Crippen LogP contribution in [0.3, 0.4) is 0 Å². The van der Waals surface area contributed by atoms with Crippen molar-refractivity contribution in [1.82, 2.24) is 4.90 Å². The lowest BCUT2D eigenvalue weighted by molar-refractivity contribution is -0.142. The fraction of sp³-hybridized carbons (Fsp3) is 0.667. The van der Waals surface area contributed by atoms with Gasteiger partial charge in [-0.1, -0.05) is 30.3 Å². The van der Waals surface area contributed by atoms with Crippen LogP contribution in [-0.4, -0.2) is 43.3 Å². The van der Waals surface area contributed by atoms with Crippen LogP contribution in [0, 0.1) is 5.92 Å². The first-order chi connectivity index (χ1) is 12.2. The molecule has 0 spiro atoms. The summed E-state index contributed by atoms with van der Waals surface area (Å²) in [4.78, 5) is 13.9. The molecular formula is C21H31NO3. The van der Waals surface area contributed by atoms with E-state index in [9.17, 15) is 4.79 Å². The second-order valence-electron chi connectivity index (χ2n) is 7.52. The van der Waals surface area contributed by atoms with Gasteiger partial charge < -0.3 is 9.47 Å². The van der Waals surface area contributed by atoms with E-state index in [-0.39, 0.29) is 5.97 Å². The molecule has 3 rings (SSSR count). The molecule has 1 saturated carbocycles. The van der Waals surface area contributed by atoms with Crippen LogP contribution < -0.4 is 0 Å². The largest absolute Gasteiger partial charge is 0.469 e. The molecule has 0 atom stereocenters. The Morgan fingerprint density at radius 2 is 1.64 bits per heavy atom. The van der Waals surface area contributed by atoms with Gasteiger partial charge in [0, 0.05) is 26.1 Å². The van der Waals surface area contributed by atoms with Crippen molar-refractivity contribution in [2.24, 2.45) is 5.92 Å². The molecule has 0 aromatic heterocycles. The molecule has 0 unspecified atom stereocenters. The first-order valence-corrected chi connectivity index (χ1v) is 9.71. The Morgan fingerprint density at radius 1 is 1.00 bits per heavy atom. The van der Waals surface area contributed by atoms with Crippen LogP contribution in [0.2, 0.25) is 0 Å². The number of benzene rings is 1. The van der Waals surface area contributed by atoms with E-state index in [4.69, 9.17) is 9.47 Å². The van der Waals surface area contributed by atoms with Crippen LogP contribution in [0.1, 0.15) is 50.5 Å². The summed E-state index contributed by atoms with van der Waals surface area (Å²) in [5.41, 5.74) is 1.39. The molecule has 0 radical (unpaired) electrons. The predicted molar refractivity (Wildman–Crippen MR) is 98.2 cm³/mol. The number of rotatable bonds is 6. The fourth-order valence-corrected chi connectivity index (χ4v) is 4.11. The predicted octanol–water partition coefficient (Wildman–Crippen LogP) is 3.79. The number of ether oxygens (including phenoxy) is 2. The SMILES string of the molecule is COC(=O)C[C@H]1CC[C@@H](OC2CCN(Cc3ccccc3)CC2)CC1. The molecule has 1 aromatic carbocycles. The first-order valence-electron chi connectivity index (χ1n) is 9.71. The van der Waals surface area contributed by atoms with Crippen LogP contribution in [0.5, 0.6) is 0 Å². The molecule has 4 nitrogen and oxygen atoms in total. The molecule has 138 valence electrons. The van der Waals surface area contributed by atoms with Crippen molar-refractivity contribution in [3.63, 3.8) is 0 Å². The summed E-state index contributed by atoms with van der Waals surface area (Å²) in [6.45, 7) is 3.29. The van der Waals surface area contributed by atoms with Crippen molar-refractivity contribution in [2.75, 3.05) is 20.2 Å². The summed E-state index contributed by atoms with van der Waals surface area (Å²) in [5, 5.41) is 0. The average Bonchev–Trinajstić information content (AvgIpc) is 2.66. The zero-order chi connectivity index (χ0) is 17.5. The molecule has 2 fully saturated rings. The molecule has 0 N–H and O–H groups in total. The first kappa shape index (κ1) is 18.4. The number of carbonyl (C=O) groups is 1. The number of piperidine rings is 1. The van der Waals surface area contributed by atoms with Crippen LogP contribution in [0.4, 0.5) is 0 Å². The van der Waals surface area contributed by atoms with E-state index in [1.807, 2.05) is 0 Å². The molecule has 0 amide bonds. The Hall–Kier alpha value is -1.39. The highest BCUT2D eigenvalue weighted by Gasteiger charge is 2.27. The van der Waals surface area contributed by atoms with Gasteiger partial charge in [0.05, 0.1) is 19.3 Å². The third kappa shape index (κ3) is 5.82. The second-order valence-corrected chi connectivity index (χ2v) is 7.52. The maximum atomic E-state index is 11.4. The summed E-state index contributed by atoms with van der Waals surface area (Å²) < 4.78 is 11.1. The van der Waals surface area contributed by atoms with Crippen molar-refractivity contribution in [1.29, 1.82) is 0 Å². The Balaban J connectivity index is 1.34. The third-order valence-corrected chi connectivity index (χ3v) is 5.65. The Kier molecular flexibility index (Phi) is 6.88. The van der Waals surface area contributed by atoms with Crippen LogP contribution >= 0.6 is 0 Å². The average molecular weight is 345 g/mol. The van der Waals surface area contributed by atoms with Gasteiger partial charge in [0.1, 0.15) is 0 Å².